The van der Waals surface area contributed by atoms with Gasteiger partial charge in [0.05, 0.1) is 12.8 Å². The van der Waals surface area contributed by atoms with Crippen molar-refractivity contribution in [3.63, 3.8) is 0 Å². The van der Waals surface area contributed by atoms with Crippen LogP contribution in [0.4, 0.5) is 5.69 Å². The number of amides is 1. The summed E-state index contributed by atoms with van der Waals surface area (Å²) in [6, 6.07) is 20.0. The Morgan fingerprint density at radius 2 is 1.86 bits per heavy atom. The van der Waals surface area contributed by atoms with Gasteiger partial charge in [-0.05, 0) is 60.5 Å². The molecule has 1 amide bonds. The predicted molar refractivity (Wildman–Crippen MR) is 140 cm³/mol. The van der Waals surface area contributed by atoms with Gasteiger partial charge in [-0.15, -0.1) is 0 Å². The van der Waals surface area contributed by atoms with Crippen LogP contribution in [0.25, 0.3) is 5.65 Å². The second-order valence-electron chi connectivity index (χ2n) is 9.00. The zero-order chi connectivity index (χ0) is 24.4. The third-order valence-electron chi connectivity index (χ3n) is 6.74. The lowest BCUT2D eigenvalue weighted by atomic mass is 9.91. The van der Waals surface area contributed by atoms with Gasteiger partial charge in [-0.2, -0.15) is 0 Å². The number of fused-ring (bicyclic) bond motifs is 1. The highest BCUT2D eigenvalue weighted by Gasteiger charge is 2.27. The number of hydrogen-bond donors (Lipinski definition) is 0. The van der Waals surface area contributed by atoms with Gasteiger partial charge in [0.1, 0.15) is 11.4 Å². The third-order valence-corrected chi connectivity index (χ3v) is 6.97. The lowest BCUT2D eigenvalue weighted by Gasteiger charge is -2.36. The second-order valence-corrected chi connectivity index (χ2v) is 9.43. The number of pyridine rings is 1. The van der Waals surface area contributed by atoms with Gasteiger partial charge in [0.25, 0.3) is 0 Å². The Morgan fingerprint density at radius 3 is 2.63 bits per heavy atom. The second kappa shape index (κ2) is 10.0. The average Bonchev–Trinajstić information content (AvgIpc) is 3.30. The van der Waals surface area contributed by atoms with E-state index in [-0.39, 0.29) is 11.8 Å². The van der Waals surface area contributed by atoms with E-state index in [0.29, 0.717) is 19.5 Å². The number of hydrogen-bond acceptors (Lipinski definition) is 4. The third kappa shape index (κ3) is 4.98. The molecule has 0 bridgehead atoms. The van der Waals surface area contributed by atoms with Crippen LogP contribution in [0.15, 0.2) is 73.1 Å². The largest absolute Gasteiger partial charge is 0.497 e. The van der Waals surface area contributed by atoms with Crippen molar-refractivity contribution in [2.75, 3.05) is 38.2 Å². The zero-order valence-corrected chi connectivity index (χ0v) is 20.8. The molecule has 1 saturated heterocycles. The highest BCUT2D eigenvalue weighted by molar-refractivity contribution is 6.30. The number of imidazole rings is 1. The minimum absolute atomic E-state index is 0.138. The molecule has 1 atom stereocenters. The number of rotatable bonds is 6. The van der Waals surface area contributed by atoms with Crippen LogP contribution in [0.1, 0.15) is 29.2 Å². The van der Waals surface area contributed by atoms with Crippen molar-refractivity contribution in [1.29, 1.82) is 0 Å². The van der Waals surface area contributed by atoms with E-state index in [4.69, 9.17) is 16.3 Å². The molecule has 1 aliphatic heterocycles. The van der Waals surface area contributed by atoms with Gasteiger partial charge in [0, 0.05) is 61.6 Å². The number of carbonyl (C=O) groups excluding carboxylic acids is 1. The van der Waals surface area contributed by atoms with Crippen molar-refractivity contribution in [2.24, 2.45) is 0 Å². The molecule has 6 nitrogen and oxygen atoms in total. The number of aromatic nitrogens is 2. The summed E-state index contributed by atoms with van der Waals surface area (Å²) in [6.07, 6.45) is 4.30. The first-order valence-corrected chi connectivity index (χ1v) is 12.3. The molecular weight excluding hydrogens is 460 g/mol. The summed E-state index contributed by atoms with van der Waals surface area (Å²) in [5, 5.41) is 0.727. The molecule has 1 unspecified atom stereocenters. The van der Waals surface area contributed by atoms with Crippen LogP contribution < -0.4 is 9.64 Å². The summed E-state index contributed by atoms with van der Waals surface area (Å²) in [5.41, 5.74) is 5.17. The average molecular weight is 489 g/mol. The van der Waals surface area contributed by atoms with Crippen molar-refractivity contribution in [2.45, 2.75) is 19.3 Å². The number of benzene rings is 2. The number of piperazine rings is 1. The van der Waals surface area contributed by atoms with Crippen LogP contribution in [0.5, 0.6) is 5.75 Å². The first kappa shape index (κ1) is 23.2. The van der Waals surface area contributed by atoms with Crippen molar-refractivity contribution < 1.29 is 9.53 Å². The van der Waals surface area contributed by atoms with Crippen LogP contribution >= 0.6 is 11.6 Å². The smallest absolute Gasteiger partial charge is 0.223 e. The minimum atomic E-state index is -0.138. The van der Waals surface area contributed by atoms with E-state index in [1.54, 1.807) is 7.11 Å². The lowest BCUT2D eigenvalue weighted by Crippen LogP contribution is -2.49. The van der Waals surface area contributed by atoms with E-state index in [0.717, 1.165) is 52.0 Å². The molecular formula is C28H29ClN4O2. The number of methoxy groups -OCH3 is 1. The van der Waals surface area contributed by atoms with Crippen LogP contribution in [0.2, 0.25) is 5.02 Å². The SMILES string of the molecule is COc1cccc(C(CC(=O)N2CCN(c3cccc(Cl)c3)CC2)c2cnc3cc(C)ccn23)c1. The Kier molecular flexibility index (Phi) is 6.64. The number of ether oxygens (including phenoxy) is 1. The summed E-state index contributed by atoms with van der Waals surface area (Å²) in [5.74, 6) is 0.784. The van der Waals surface area contributed by atoms with E-state index < -0.39 is 0 Å². The summed E-state index contributed by atoms with van der Waals surface area (Å²) < 4.78 is 7.56. The van der Waals surface area contributed by atoms with Gasteiger partial charge in [-0.1, -0.05) is 29.8 Å². The number of carbonyl (C=O) groups is 1. The van der Waals surface area contributed by atoms with E-state index in [1.807, 2.05) is 53.7 Å². The molecule has 0 N–H and O–H groups in total. The molecule has 180 valence electrons. The number of halogens is 1. The monoisotopic (exact) mass is 488 g/mol. The molecule has 3 heterocycles. The maximum Gasteiger partial charge on any atom is 0.223 e. The zero-order valence-electron chi connectivity index (χ0n) is 20.0. The fraction of sp³-hybridized carbons (Fsp3) is 0.286. The quantitative estimate of drug-likeness (QED) is 0.375. The molecule has 0 aliphatic carbocycles. The van der Waals surface area contributed by atoms with Gasteiger partial charge < -0.3 is 18.9 Å². The Morgan fingerprint density at radius 1 is 1.06 bits per heavy atom. The molecule has 1 fully saturated rings. The molecule has 2 aromatic heterocycles. The summed E-state index contributed by atoms with van der Waals surface area (Å²) in [7, 11) is 1.66. The summed E-state index contributed by atoms with van der Waals surface area (Å²) in [6.45, 7) is 4.99. The molecule has 4 aromatic rings. The fourth-order valence-electron chi connectivity index (χ4n) is 4.80. The van der Waals surface area contributed by atoms with E-state index in [1.165, 1.54) is 0 Å². The van der Waals surface area contributed by atoms with E-state index >= 15 is 0 Å². The van der Waals surface area contributed by atoms with Gasteiger partial charge in [-0.3, -0.25) is 4.79 Å². The van der Waals surface area contributed by atoms with Crippen LogP contribution in [-0.4, -0.2) is 53.5 Å². The molecule has 0 radical (unpaired) electrons. The maximum absolute atomic E-state index is 13.5. The van der Waals surface area contributed by atoms with Gasteiger partial charge in [0.15, 0.2) is 0 Å². The lowest BCUT2D eigenvalue weighted by molar-refractivity contribution is -0.131. The Hall–Kier alpha value is -3.51. The Bertz CT molecular complexity index is 1340. The molecule has 0 spiro atoms. The highest BCUT2D eigenvalue weighted by Crippen LogP contribution is 2.32. The topological polar surface area (TPSA) is 50.1 Å². The molecule has 0 saturated carbocycles. The maximum atomic E-state index is 13.5. The first-order chi connectivity index (χ1) is 17.0. The van der Waals surface area contributed by atoms with E-state index in [9.17, 15) is 4.79 Å². The van der Waals surface area contributed by atoms with Crippen LogP contribution in [-0.2, 0) is 4.79 Å². The standard InChI is InChI=1S/C28H29ClN4O2/c1-20-9-10-33-26(19-30-27(33)15-20)25(21-5-3-8-24(16-21)35-2)18-28(34)32-13-11-31(12-14-32)23-7-4-6-22(29)17-23/h3-10,15-17,19,25H,11-14,18H2,1-2H3. The summed E-state index contributed by atoms with van der Waals surface area (Å²) >= 11 is 6.17. The molecule has 35 heavy (non-hydrogen) atoms. The molecule has 1 aliphatic rings. The highest BCUT2D eigenvalue weighted by atomic mass is 35.5. The minimum Gasteiger partial charge on any atom is -0.497 e. The molecule has 5 rings (SSSR count). The van der Waals surface area contributed by atoms with Crippen LogP contribution in [0.3, 0.4) is 0 Å². The van der Waals surface area contributed by atoms with Crippen molar-refractivity contribution >= 4 is 28.8 Å². The molecule has 7 heteroatoms. The van der Waals surface area contributed by atoms with Crippen molar-refractivity contribution in [3.05, 3.63) is 94.9 Å². The molecule has 2 aromatic carbocycles. The first-order valence-electron chi connectivity index (χ1n) is 11.9. The van der Waals surface area contributed by atoms with Gasteiger partial charge in [-0.25, -0.2) is 4.98 Å². The predicted octanol–water partition coefficient (Wildman–Crippen LogP) is 5.18. The fourth-order valence-corrected chi connectivity index (χ4v) is 4.99. The van der Waals surface area contributed by atoms with Gasteiger partial charge in [0.2, 0.25) is 5.91 Å². The van der Waals surface area contributed by atoms with Gasteiger partial charge >= 0.3 is 0 Å². The normalized spacial score (nSPS) is 14.8. The van der Waals surface area contributed by atoms with Crippen LogP contribution in [0, 0.1) is 6.92 Å². The number of nitrogens with zero attached hydrogens (tertiary/aromatic N) is 4. The van der Waals surface area contributed by atoms with E-state index in [2.05, 4.69) is 45.5 Å². The Labute approximate surface area is 210 Å². The Balaban J connectivity index is 1.38. The number of anilines is 1. The van der Waals surface area contributed by atoms with Crippen molar-refractivity contribution in [3.8, 4) is 5.75 Å². The number of aryl methyl sites for hydroxylation is 1. The summed E-state index contributed by atoms with van der Waals surface area (Å²) in [4.78, 5) is 22.4. The van der Waals surface area contributed by atoms with Crippen molar-refractivity contribution in [1.82, 2.24) is 14.3 Å².